The molecule has 0 radical (unpaired) electrons. The molecule has 0 bridgehead atoms. The van der Waals surface area contributed by atoms with Crippen molar-refractivity contribution in [2.45, 2.75) is 51.0 Å². The molecule has 0 amide bonds. The number of halogens is 1. The molecular formula is C14H18ClN3. The van der Waals surface area contributed by atoms with E-state index in [4.69, 9.17) is 11.6 Å². The molecule has 2 aliphatic carbocycles. The van der Waals surface area contributed by atoms with Crippen molar-refractivity contribution in [3.05, 3.63) is 28.7 Å². The lowest BCUT2D eigenvalue weighted by molar-refractivity contribution is 0.640. The number of anilines is 1. The zero-order valence-corrected chi connectivity index (χ0v) is 11.4. The molecule has 1 heterocycles. The molecule has 4 heteroatoms. The highest BCUT2D eigenvalue weighted by atomic mass is 35.5. The van der Waals surface area contributed by atoms with Crippen molar-refractivity contribution >= 4 is 17.4 Å². The fraction of sp³-hybridized carbons (Fsp3) is 0.571. The van der Waals surface area contributed by atoms with Gasteiger partial charge in [-0.3, -0.25) is 0 Å². The van der Waals surface area contributed by atoms with Crippen LogP contribution in [0.5, 0.6) is 0 Å². The summed E-state index contributed by atoms with van der Waals surface area (Å²) in [6.07, 6.45) is 10.3. The van der Waals surface area contributed by atoms with Crippen molar-refractivity contribution in [2.75, 3.05) is 5.32 Å². The maximum atomic E-state index is 6.20. The lowest BCUT2D eigenvalue weighted by Crippen LogP contribution is -2.22. The van der Waals surface area contributed by atoms with Crippen molar-refractivity contribution in [1.29, 1.82) is 0 Å². The molecule has 1 unspecified atom stereocenters. The van der Waals surface area contributed by atoms with Gasteiger partial charge in [-0.1, -0.05) is 23.8 Å². The van der Waals surface area contributed by atoms with Gasteiger partial charge < -0.3 is 5.32 Å². The molecule has 3 nitrogen and oxygen atoms in total. The van der Waals surface area contributed by atoms with Gasteiger partial charge >= 0.3 is 0 Å². The number of nitrogens with zero attached hydrogens (tertiary/aromatic N) is 2. The van der Waals surface area contributed by atoms with Crippen LogP contribution in [0.3, 0.4) is 0 Å². The third-order valence-electron chi connectivity index (χ3n) is 3.66. The summed E-state index contributed by atoms with van der Waals surface area (Å²) >= 11 is 6.20. The Hall–Kier alpha value is -1.09. The monoisotopic (exact) mass is 263 g/mol. The molecule has 3 rings (SSSR count). The van der Waals surface area contributed by atoms with Crippen molar-refractivity contribution in [3.8, 4) is 0 Å². The van der Waals surface area contributed by atoms with Gasteiger partial charge in [0.25, 0.3) is 0 Å². The van der Waals surface area contributed by atoms with E-state index in [-0.39, 0.29) is 0 Å². The average Bonchev–Trinajstić information content (AvgIpc) is 3.20. The zero-order valence-electron chi connectivity index (χ0n) is 10.6. The van der Waals surface area contributed by atoms with Crippen molar-refractivity contribution in [2.24, 2.45) is 0 Å². The summed E-state index contributed by atoms with van der Waals surface area (Å²) in [6, 6.07) is 0.478. The standard InChI is InChI=1S/C14H18ClN3/c1-9-12(15)17-14(10-7-8-10)18-13(9)16-11-5-3-2-4-6-11/h2-3,10-11H,4-8H2,1H3,(H,16,17,18). The van der Waals surface area contributed by atoms with Gasteiger partial charge in [0, 0.05) is 17.5 Å². The average molecular weight is 264 g/mol. The highest BCUT2D eigenvalue weighted by Gasteiger charge is 2.28. The molecule has 1 saturated carbocycles. The molecule has 0 saturated heterocycles. The molecule has 1 atom stereocenters. The topological polar surface area (TPSA) is 37.8 Å². The molecule has 1 N–H and O–H groups in total. The Kier molecular flexibility index (Phi) is 3.25. The molecule has 1 fully saturated rings. The van der Waals surface area contributed by atoms with Crippen LogP contribution >= 0.6 is 11.6 Å². The van der Waals surface area contributed by atoms with Crippen LogP contribution in [0.2, 0.25) is 5.15 Å². The Labute approximate surface area is 113 Å². The van der Waals surface area contributed by atoms with Gasteiger partial charge in [-0.25, -0.2) is 9.97 Å². The minimum absolute atomic E-state index is 0.478. The molecule has 1 aromatic heterocycles. The second kappa shape index (κ2) is 4.88. The van der Waals surface area contributed by atoms with E-state index in [0.29, 0.717) is 17.1 Å². The third kappa shape index (κ3) is 2.51. The first kappa shape index (κ1) is 12.0. The highest BCUT2D eigenvalue weighted by molar-refractivity contribution is 6.30. The fourth-order valence-electron chi connectivity index (χ4n) is 2.29. The van der Waals surface area contributed by atoms with Crippen LogP contribution in [-0.2, 0) is 0 Å². The smallest absolute Gasteiger partial charge is 0.137 e. The molecule has 2 aliphatic rings. The van der Waals surface area contributed by atoms with E-state index in [0.717, 1.165) is 36.5 Å². The summed E-state index contributed by atoms with van der Waals surface area (Å²) < 4.78 is 0. The maximum Gasteiger partial charge on any atom is 0.137 e. The van der Waals surface area contributed by atoms with E-state index in [9.17, 15) is 0 Å². The highest BCUT2D eigenvalue weighted by Crippen LogP contribution is 2.39. The summed E-state index contributed by atoms with van der Waals surface area (Å²) in [4.78, 5) is 9.05. The van der Waals surface area contributed by atoms with Crippen LogP contribution in [0.1, 0.15) is 49.4 Å². The molecule has 0 spiro atoms. The Morgan fingerprint density at radius 3 is 2.72 bits per heavy atom. The number of rotatable bonds is 3. The third-order valence-corrected chi connectivity index (χ3v) is 4.02. The molecule has 1 aromatic rings. The summed E-state index contributed by atoms with van der Waals surface area (Å²) in [5, 5.41) is 4.12. The second-order valence-electron chi connectivity index (χ2n) is 5.25. The summed E-state index contributed by atoms with van der Waals surface area (Å²) in [7, 11) is 0. The lowest BCUT2D eigenvalue weighted by Gasteiger charge is -2.21. The molecule has 0 aromatic carbocycles. The number of hydrogen-bond donors (Lipinski definition) is 1. The molecule has 96 valence electrons. The Bertz CT molecular complexity index is 480. The quantitative estimate of drug-likeness (QED) is 0.665. The van der Waals surface area contributed by atoms with Crippen LogP contribution in [-0.4, -0.2) is 16.0 Å². The molecule has 0 aliphatic heterocycles. The number of allylic oxidation sites excluding steroid dienone is 1. The van der Waals surface area contributed by atoms with E-state index < -0.39 is 0 Å². The minimum Gasteiger partial charge on any atom is -0.367 e. The van der Waals surface area contributed by atoms with Gasteiger partial charge in [-0.15, -0.1) is 0 Å². The Morgan fingerprint density at radius 1 is 1.22 bits per heavy atom. The van der Waals surface area contributed by atoms with Crippen LogP contribution in [0.15, 0.2) is 12.2 Å². The van der Waals surface area contributed by atoms with Crippen molar-refractivity contribution in [3.63, 3.8) is 0 Å². The predicted molar refractivity (Wildman–Crippen MR) is 74.2 cm³/mol. The SMILES string of the molecule is Cc1c(Cl)nc(C2CC2)nc1NC1CC=CCC1. The second-order valence-corrected chi connectivity index (χ2v) is 5.60. The van der Waals surface area contributed by atoms with E-state index in [2.05, 4.69) is 27.4 Å². The van der Waals surface area contributed by atoms with E-state index >= 15 is 0 Å². The normalized spacial score (nSPS) is 23.1. The van der Waals surface area contributed by atoms with E-state index in [1.165, 1.54) is 12.8 Å². The van der Waals surface area contributed by atoms with E-state index in [1.807, 2.05) is 6.92 Å². The van der Waals surface area contributed by atoms with Gasteiger partial charge in [0.2, 0.25) is 0 Å². The van der Waals surface area contributed by atoms with Gasteiger partial charge in [-0.2, -0.15) is 0 Å². The molecular weight excluding hydrogens is 246 g/mol. The molecule has 18 heavy (non-hydrogen) atoms. The zero-order chi connectivity index (χ0) is 12.5. The largest absolute Gasteiger partial charge is 0.367 e. The number of nitrogens with one attached hydrogen (secondary N) is 1. The lowest BCUT2D eigenvalue weighted by atomic mass is 10.0. The van der Waals surface area contributed by atoms with Gasteiger partial charge in [-0.05, 0) is 39.0 Å². The van der Waals surface area contributed by atoms with E-state index in [1.54, 1.807) is 0 Å². The van der Waals surface area contributed by atoms with Gasteiger partial charge in [0.15, 0.2) is 0 Å². The van der Waals surface area contributed by atoms with Gasteiger partial charge in [0.05, 0.1) is 0 Å². The predicted octanol–water partition coefficient (Wildman–Crippen LogP) is 3.84. The van der Waals surface area contributed by atoms with Gasteiger partial charge in [0.1, 0.15) is 16.8 Å². The minimum atomic E-state index is 0.478. The number of hydrogen-bond acceptors (Lipinski definition) is 3. The first-order valence-electron chi connectivity index (χ1n) is 6.69. The fourth-order valence-corrected chi connectivity index (χ4v) is 2.46. The van der Waals surface area contributed by atoms with Crippen molar-refractivity contribution in [1.82, 2.24) is 9.97 Å². The van der Waals surface area contributed by atoms with Crippen LogP contribution in [0.4, 0.5) is 5.82 Å². The first-order chi connectivity index (χ1) is 8.74. The maximum absolute atomic E-state index is 6.20. The summed E-state index contributed by atoms with van der Waals surface area (Å²) in [6.45, 7) is 1.99. The summed E-state index contributed by atoms with van der Waals surface area (Å²) in [5.74, 6) is 2.38. The Morgan fingerprint density at radius 2 is 2.06 bits per heavy atom. The summed E-state index contributed by atoms with van der Waals surface area (Å²) in [5.41, 5.74) is 0.968. The van der Waals surface area contributed by atoms with Crippen LogP contribution in [0, 0.1) is 6.92 Å². The van der Waals surface area contributed by atoms with Crippen LogP contribution < -0.4 is 5.32 Å². The van der Waals surface area contributed by atoms with Crippen LogP contribution in [0.25, 0.3) is 0 Å². The Balaban J connectivity index is 1.82. The number of aromatic nitrogens is 2. The van der Waals surface area contributed by atoms with Crippen molar-refractivity contribution < 1.29 is 0 Å². The first-order valence-corrected chi connectivity index (χ1v) is 7.07.